The minimum Gasteiger partial charge on any atom is -0.316 e. The summed E-state index contributed by atoms with van der Waals surface area (Å²) >= 11 is 6.04. The van der Waals surface area contributed by atoms with Crippen molar-refractivity contribution in [2.75, 3.05) is 19.6 Å². The van der Waals surface area contributed by atoms with Crippen molar-refractivity contribution < 1.29 is 0 Å². The number of halogens is 1. The Kier molecular flexibility index (Phi) is 3.40. The molecule has 2 fully saturated rings. The second-order valence-corrected chi connectivity index (χ2v) is 6.77. The first-order valence-corrected chi connectivity index (χ1v) is 8.20. The van der Waals surface area contributed by atoms with Crippen LogP contribution in [0.5, 0.6) is 0 Å². The third-order valence-electron chi connectivity index (χ3n) is 5.07. The van der Waals surface area contributed by atoms with Crippen molar-refractivity contribution >= 4 is 17.2 Å². The first-order valence-electron chi connectivity index (χ1n) is 7.82. The van der Waals surface area contributed by atoms with Gasteiger partial charge in [-0.15, -0.1) is 0 Å². The summed E-state index contributed by atoms with van der Waals surface area (Å²) < 4.78 is 2.02. The van der Waals surface area contributed by atoms with E-state index >= 15 is 0 Å². The molecule has 2 aromatic rings. The van der Waals surface area contributed by atoms with Crippen LogP contribution in [-0.2, 0) is 6.54 Å². The number of fused-ring (bicyclic) bond motifs is 2. The molecule has 2 saturated heterocycles. The maximum atomic E-state index is 6.04. The van der Waals surface area contributed by atoms with Gasteiger partial charge in [-0.1, -0.05) is 18.5 Å². The van der Waals surface area contributed by atoms with E-state index in [1.165, 1.54) is 26.1 Å². The molecule has 5 heteroatoms. The normalized spacial score (nSPS) is 29.3. The van der Waals surface area contributed by atoms with Crippen LogP contribution in [0.2, 0.25) is 5.02 Å². The second-order valence-electron chi connectivity index (χ2n) is 6.33. The summed E-state index contributed by atoms with van der Waals surface area (Å²) in [5.41, 5.74) is 2.12. The summed E-state index contributed by atoms with van der Waals surface area (Å²) in [6.07, 6.45) is 5.26. The van der Waals surface area contributed by atoms with Crippen LogP contribution in [0.25, 0.3) is 5.65 Å². The van der Waals surface area contributed by atoms with Crippen molar-refractivity contribution in [3.8, 4) is 0 Å². The van der Waals surface area contributed by atoms with E-state index in [4.69, 9.17) is 16.6 Å². The molecule has 0 spiro atoms. The van der Waals surface area contributed by atoms with E-state index in [1.54, 1.807) is 0 Å². The van der Waals surface area contributed by atoms with Crippen LogP contribution in [0, 0.1) is 11.8 Å². The number of pyridine rings is 1. The third kappa shape index (κ3) is 2.35. The average Bonchev–Trinajstić information content (AvgIpc) is 3.11. The molecule has 0 bridgehead atoms. The summed E-state index contributed by atoms with van der Waals surface area (Å²) in [6.45, 7) is 6.82. The Morgan fingerprint density at radius 1 is 1.33 bits per heavy atom. The van der Waals surface area contributed by atoms with Gasteiger partial charge in [-0.05, 0) is 43.5 Å². The van der Waals surface area contributed by atoms with Crippen molar-refractivity contribution in [3.63, 3.8) is 0 Å². The number of hydrogen-bond acceptors (Lipinski definition) is 3. The third-order valence-corrected chi connectivity index (χ3v) is 5.30. The number of rotatable bonds is 3. The van der Waals surface area contributed by atoms with Gasteiger partial charge in [0, 0.05) is 31.5 Å². The molecule has 21 heavy (non-hydrogen) atoms. The second kappa shape index (κ2) is 5.27. The molecule has 3 unspecified atom stereocenters. The van der Waals surface area contributed by atoms with Gasteiger partial charge in [0.2, 0.25) is 0 Å². The van der Waals surface area contributed by atoms with E-state index in [0.717, 1.165) is 34.7 Å². The Bertz CT molecular complexity index is 653. The summed E-state index contributed by atoms with van der Waals surface area (Å²) in [5, 5.41) is 4.29. The van der Waals surface area contributed by atoms with Gasteiger partial charge in [0.25, 0.3) is 0 Å². The maximum absolute atomic E-state index is 6.04. The highest BCUT2D eigenvalue weighted by Crippen LogP contribution is 2.35. The van der Waals surface area contributed by atoms with Crippen molar-refractivity contribution in [2.24, 2.45) is 11.8 Å². The molecule has 1 N–H and O–H groups in total. The van der Waals surface area contributed by atoms with E-state index in [2.05, 4.69) is 23.3 Å². The molecule has 4 heterocycles. The van der Waals surface area contributed by atoms with Gasteiger partial charge in [-0.2, -0.15) is 0 Å². The summed E-state index contributed by atoms with van der Waals surface area (Å²) in [4.78, 5) is 7.35. The summed E-state index contributed by atoms with van der Waals surface area (Å²) in [7, 11) is 0. The molecule has 3 atom stereocenters. The van der Waals surface area contributed by atoms with E-state index < -0.39 is 0 Å². The smallest absolute Gasteiger partial charge is 0.137 e. The Morgan fingerprint density at radius 2 is 2.24 bits per heavy atom. The van der Waals surface area contributed by atoms with E-state index in [-0.39, 0.29) is 0 Å². The number of nitrogens with zero attached hydrogens (tertiary/aromatic N) is 3. The van der Waals surface area contributed by atoms with Gasteiger partial charge in [0.15, 0.2) is 0 Å². The van der Waals surface area contributed by atoms with Gasteiger partial charge in [0.1, 0.15) is 5.65 Å². The number of imidazole rings is 1. The topological polar surface area (TPSA) is 32.6 Å². The largest absolute Gasteiger partial charge is 0.316 e. The highest BCUT2D eigenvalue weighted by molar-refractivity contribution is 6.30. The first-order chi connectivity index (χ1) is 10.2. The molecule has 4 nitrogen and oxygen atoms in total. The number of likely N-dealkylation sites (tertiary alicyclic amines) is 1. The quantitative estimate of drug-likeness (QED) is 0.945. The molecular weight excluding hydrogens is 284 g/mol. The number of hydrogen-bond donors (Lipinski definition) is 1. The zero-order chi connectivity index (χ0) is 14.4. The van der Waals surface area contributed by atoms with E-state index in [0.29, 0.717) is 6.04 Å². The molecule has 2 aliphatic heterocycles. The highest BCUT2D eigenvalue weighted by Gasteiger charge is 2.43. The fourth-order valence-electron chi connectivity index (χ4n) is 4.16. The van der Waals surface area contributed by atoms with Gasteiger partial charge >= 0.3 is 0 Å². The monoisotopic (exact) mass is 304 g/mol. The van der Waals surface area contributed by atoms with Crippen LogP contribution in [0.4, 0.5) is 0 Å². The molecule has 2 aliphatic rings. The van der Waals surface area contributed by atoms with Gasteiger partial charge in [-0.3, -0.25) is 4.90 Å². The standard InChI is InChI=1S/C16H21ClN4/c1-2-15-14-6-18-5-11(14)7-20(15)9-13-10-21-8-12(17)3-4-16(21)19-13/h3-4,8,10-11,14-15,18H,2,5-7,9H2,1H3. The molecule has 4 rings (SSSR count). The van der Waals surface area contributed by atoms with Crippen LogP contribution >= 0.6 is 11.6 Å². The predicted molar refractivity (Wildman–Crippen MR) is 84.5 cm³/mol. The van der Waals surface area contributed by atoms with E-state index in [9.17, 15) is 0 Å². The lowest BCUT2D eigenvalue weighted by Gasteiger charge is -2.25. The molecule has 2 aromatic heterocycles. The lowest BCUT2D eigenvalue weighted by molar-refractivity contribution is 0.208. The van der Waals surface area contributed by atoms with Crippen LogP contribution in [0.3, 0.4) is 0 Å². The minimum atomic E-state index is 0.693. The van der Waals surface area contributed by atoms with Crippen molar-refractivity contribution in [3.05, 3.63) is 35.2 Å². The molecule has 0 aliphatic carbocycles. The Labute approximate surface area is 130 Å². The lowest BCUT2D eigenvalue weighted by atomic mass is 9.93. The SMILES string of the molecule is CCC1C2CNCC2CN1Cc1cn2cc(Cl)ccc2n1. The van der Waals surface area contributed by atoms with Gasteiger partial charge in [0.05, 0.1) is 10.7 Å². The Hall–Kier alpha value is -1.10. The van der Waals surface area contributed by atoms with Crippen LogP contribution in [-0.4, -0.2) is 40.0 Å². The lowest BCUT2D eigenvalue weighted by Crippen LogP contribution is -2.34. The molecule has 0 aromatic carbocycles. The highest BCUT2D eigenvalue weighted by atomic mass is 35.5. The van der Waals surface area contributed by atoms with Crippen LogP contribution in [0.1, 0.15) is 19.0 Å². The van der Waals surface area contributed by atoms with Gasteiger partial charge in [-0.25, -0.2) is 4.98 Å². The van der Waals surface area contributed by atoms with Crippen LogP contribution < -0.4 is 5.32 Å². The maximum Gasteiger partial charge on any atom is 0.137 e. The van der Waals surface area contributed by atoms with Gasteiger partial charge < -0.3 is 9.72 Å². The van der Waals surface area contributed by atoms with Crippen molar-refractivity contribution in [1.29, 1.82) is 0 Å². The Morgan fingerprint density at radius 3 is 3.10 bits per heavy atom. The molecule has 0 radical (unpaired) electrons. The molecule has 112 valence electrons. The zero-order valence-electron chi connectivity index (χ0n) is 12.3. The van der Waals surface area contributed by atoms with E-state index in [1.807, 2.05) is 22.7 Å². The molecule has 0 saturated carbocycles. The Balaban J connectivity index is 1.56. The predicted octanol–water partition coefficient (Wildman–Crippen LogP) is 2.42. The summed E-state index contributed by atoms with van der Waals surface area (Å²) in [6, 6.07) is 4.57. The number of aromatic nitrogens is 2. The molecule has 0 amide bonds. The van der Waals surface area contributed by atoms with Crippen molar-refractivity contribution in [1.82, 2.24) is 19.6 Å². The fraction of sp³-hybridized carbons (Fsp3) is 0.562. The zero-order valence-corrected chi connectivity index (χ0v) is 13.1. The summed E-state index contributed by atoms with van der Waals surface area (Å²) in [5.74, 6) is 1.64. The average molecular weight is 305 g/mol. The molecular formula is C16H21ClN4. The minimum absolute atomic E-state index is 0.693. The number of nitrogens with one attached hydrogen (secondary N) is 1. The van der Waals surface area contributed by atoms with Crippen molar-refractivity contribution in [2.45, 2.75) is 25.9 Å². The first kappa shape index (κ1) is 13.6. The van der Waals surface area contributed by atoms with Crippen LogP contribution in [0.15, 0.2) is 24.5 Å². The fourth-order valence-corrected chi connectivity index (χ4v) is 4.32.